The van der Waals surface area contributed by atoms with E-state index < -0.39 is 11.7 Å². The van der Waals surface area contributed by atoms with Crippen molar-refractivity contribution in [1.82, 2.24) is 0 Å². The van der Waals surface area contributed by atoms with Crippen molar-refractivity contribution in [2.45, 2.75) is 44.7 Å². The largest absolute Gasteiger partial charge is 0.416 e. The number of nitrogens with zero attached hydrogens (tertiary/aromatic N) is 1. The molecule has 0 radical (unpaired) electrons. The Hall–Kier alpha value is -2.75. The lowest BCUT2D eigenvalue weighted by Gasteiger charge is -2.19. The van der Waals surface area contributed by atoms with Gasteiger partial charge in [0.25, 0.3) is 0 Å². The van der Waals surface area contributed by atoms with Gasteiger partial charge in [0.2, 0.25) is 0 Å². The van der Waals surface area contributed by atoms with E-state index in [1.807, 2.05) is 0 Å². The van der Waals surface area contributed by atoms with Gasteiger partial charge in [0, 0.05) is 24.7 Å². The van der Waals surface area contributed by atoms with Crippen LogP contribution in [0.15, 0.2) is 72.8 Å². The van der Waals surface area contributed by atoms with E-state index in [1.165, 1.54) is 35.2 Å². The van der Waals surface area contributed by atoms with Gasteiger partial charge in [-0.1, -0.05) is 55.5 Å². The summed E-state index contributed by atoms with van der Waals surface area (Å²) in [6.07, 6.45) is -0.179. The molecule has 0 aliphatic carbocycles. The van der Waals surface area contributed by atoms with Crippen LogP contribution >= 0.6 is 0 Å². The summed E-state index contributed by atoms with van der Waals surface area (Å²) in [5.74, 6) is 0.316. The minimum absolute atomic E-state index is 0.316. The number of rotatable bonds is 6. The molecular formula is C27H28F3N. The zero-order valence-corrected chi connectivity index (χ0v) is 17.8. The first-order valence-corrected chi connectivity index (χ1v) is 11.0. The van der Waals surface area contributed by atoms with Crippen molar-refractivity contribution < 1.29 is 13.2 Å². The van der Waals surface area contributed by atoms with Crippen molar-refractivity contribution in [3.8, 4) is 0 Å². The van der Waals surface area contributed by atoms with Crippen LogP contribution < -0.4 is 4.90 Å². The molecule has 4 rings (SSSR count). The molecule has 1 nitrogen and oxygen atoms in total. The van der Waals surface area contributed by atoms with Gasteiger partial charge in [-0.3, -0.25) is 0 Å². The van der Waals surface area contributed by atoms with Crippen molar-refractivity contribution in [1.29, 1.82) is 0 Å². The molecule has 1 heterocycles. The van der Waals surface area contributed by atoms with Crippen LogP contribution in [0.1, 0.15) is 53.5 Å². The monoisotopic (exact) mass is 423 g/mol. The summed E-state index contributed by atoms with van der Waals surface area (Å²) in [7, 11) is 0. The first kappa shape index (κ1) is 21.5. The lowest BCUT2D eigenvalue weighted by molar-refractivity contribution is -0.137. The van der Waals surface area contributed by atoms with E-state index in [2.05, 4.69) is 60.4 Å². The minimum Gasteiger partial charge on any atom is -0.372 e. The van der Waals surface area contributed by atoms with Gasteiger partial charge in [0.1, 0.15) is 0 Å². The van der Waals surface area contributed by atoms with Gasteiger partial charge in [0.15, 0.2) is 0 Å². The number of benzene rings is 3. The highest BCUT2D eigenvalue weighted by Crippen LogP contribution is 2.30. The molecule has 1 unspecified atom stereocenters. The lowest BCUT2D eigenvalue weighted by atomic mass is 9.91. The van der Waals surface area contributed by atoms with Crippen molar-refractivity contribution >= 4 is 5.69 Å². The van der Waals surface area contributed by atoms with E-state index in [0.717, 1.165) is 43.6 Å². The standard InChI is InChI=1S/C27H28F3N/c1-20(24-12-16-26(17-13-24)31-18-2-3-19-31)23-10-6-21(7-11-23)4-5-22-8-14-25(15-9-22)27(28,29)30/h6-17,20H,2-5,18-19H2,1H3. The Morgan fingerprint density at radius 1 is 0.710 bits per heavy atom. The average Bonchev–Trinajstić information content (AvgIpc) is 3.32. The number of alkyl halides is 3. The fraction of sp³-hybridized carbons (Fsp3) is 0.333. The quantitative estimate of drug-likeness (QED) is 0.404. The van der Waals surface area contributed by atoms with E-state index in [9.17, 15) is 13.2 Å². The van der Waals surface area contributed by atoms with Crippen molar-refractivity contribution in [3.63, 3.8) is 0 Å². The Kier molecular flexibility index (Phi) is 6.35. The first-order valence-electron chi connectivity index (χ1n) is 11.0. The molecule has 1 atom stereocenters. The normalized spacial score (nSPS) is 15.3. The molecule has 1 fully saturated rings. The maximum Gasteiger partial charge on any atom is 0.416 e. The highest BCUT2D eigenvalue weighted by molar-refractivity contribution is 5.49. The average molecular weight is 424 g/mol. The maximum absolute atomic E-state index is 12.7. The molecule has 3 aromatic rings. The zero-order chi connectivity index (χ0) is 21.8. The van der Waals surface area contributed by atoms with Gasteiger partial charge in [-0.25, -0.2) is 0 Å². The number of hydrogen-bond donors (Lipinski definition) is 0. The van der Waals surface area contributed by atoms with Gasteiger partial charge >= 0.3 is 6.18 Å². The highest BCUT2D eigenvalue weighted by atomic mass is 19.4. The van der Waals surface area contributed by atoms with Gasteiger partial charge < -0.3 is 4.90 Å². The van der Waals surface area contributed by atoms with E-state index in [0.29, 0.717) is 5.92 Å². The second-order valence-corrected chi connectivity index (χ2v) is 8.44. The zero-order valence-electron chi connectivity index (χ0n) is 17.8. The summed E-state index contributed by atoms with van der Waals surface area (Å²) in [6, 6.07) is 23.0. The summed E-state index contributed by atoms with van der Waals surface area (Å²) in [6.45, 7) is 4.54. The van der Waals surface area contributed by atoms with E-state index >= 15 is 0 Å². The van der Waals surface area contributed by atoms with Gasteiger partial charge in [-0.15, -0.1) is 0 Å². The molecule has 0 aromatic heterocycles. The van der Waals surface area contributed by atoms with Gasteiger partial charge in [0.05, 0.1) is 5.56 Å². The lowest BCUT2D eigenvalue weighted by Crippen LogP contribution is -2.17. The molecular weight excluding hydrogens is 395 g/mol. The third-order valence-corrected chi connectivity index (χ3v) is 6.33. The Bertz CT molecular complexity index is 967. The number of halogens is 3. The van der Waals surface area contributed by atoms with E-state index in [4.69, 9.17) is 0 Å². The fourth-order valence-electron chi connectivity index (χ4n) is 4.26. The Balaban J connectivity index is 1.35. The summed E-state index contributed by atoms with van der Waals surface area (Å²) in [5, 5.41) is 0. The highest BCUT2D eigenvalue weighted by Gasteiger charge is 2.29. The summed E-state index contributed by atoms with van der Waals surface area (Å²) >= 11 is 0. The van der Waals surface area contributed by atoms with Crippen LogP contribution in [0.25, 0.3) is 0 Å². The Labute approximate surface area is 182 Å². The van der Waals surface area contributed by atoms with Crippen molar-refractivity contribution in [3.05, 3.63) is 101 Å². The molecule has 0 spiro atoms. The maximum atomic E-state index is 12.7. The number of hydrogen-bond acceptors (Lipinski definition) is 1. The molecule has 1 saturated heterocycles. The van der Waals surface area contributed by atoms with Crippen LogP contribution in [-0.4, -0.2) is 13.1 Å². The molecule has 3 aromatic carbocycles. The molecule has 0 saturated carbocycles. The van der Waals surface area contributed by atoms with Crippen molar-refractivity contribution in [2.75, 3.05) is 18.0 Å². The van der Waals surface area contributed by atoms with Crippen LogP contribution in [0.3, 0.4) is 0 Å². The molecule has 1 aliphatic rings. The Morgan fingerprint density at radius 2 is 1.16 bits per heavy atom. The number of aryl methyl sites for hydroxylation is 2. The third kappa shape index (κ3) is 5.30. The SMILES string of the molecule is CC(c1ccc(CCc2ccc(C(F)(F)F)cc2)cc1)c1ccc(N2CCCC2)cc1. The van der Waals surface area contributed by atoms with E-state index in [1.54, 1.807) is 12.1 Å². The van der Waals surface area contributed by atoms with Crippen LogP contribution in [-0.2, 0) is 19.0 Å². The third-order valence-electron chi connectivity index (χ3n) is 6.33. The molecule has 4 heteroatoms. The number of anilines is 1. The predicted octanol–water partition coefficient (Wildman–Crippen LogP) is 7.24. The summed E-state index contributed by atoms with van der Waals surface area (Å²) < 4.78 is 38.1. The van der Waals surface area contributed by atoms with Crippen molar-refractivity contribution in [2.24, 2.45) is 0 Å². The second kappa shape index (κ2) is 9.17. The summed E-state index contributed by atoms with van der Waals surface area (Å²) in [5.41, 5.74) is 5.41. The van der Waals surface area contributed by atoms with Crippen LogP contribution in [0, 0.1) is 0 Å². The van der Waals surface area contributed by atoms with E-state index in [-0.39, 0.29) is 0 Å². The fourth-order valence-corrected chi connectivity index (χ4v) is 4.26. The van der Waals surface area contributed by atoms with Gasteiger partial charge in [-0.2, -0.15) is 13.2 Å². The molecule has 0 N–H and O–H groups in total. The molecule has 0 amide bonds. The molecule has 162 valence electrons. The Morgan fingerprint density at radius 3 is 1.65 bits per heavy atom. The van der Waals surface area contributed by atoms with Crippen LogP contribution in [0.5, 0.6) is 0 Å². The topological polar surface area (TPSA) is 3.24 Å². The molecule has 0 bridgehead atoms. The minimum atomic E-state index is -4.28. The smallest absolute Gasteiger partial charge is 0.372 e. The van der Waals surface area contributed by atoms with Crippen LogP contribution in [0.4, 0.5) is 18.9 Å². The predicted molar refractivity (Wildman–Crippen MR) is 121 cm³/mol. The van der Waals surface area contributed by atoms with Crippen LogP contribution in [0.2, 0.25) is 0 Å². The van der Waals surface area contributed by atoms with Gasteiger partial charge in [-0.05, 0) is 72.2 Å². The molecule has 1 aliphatic heterocycles. The molecule has 31 heavy (non-hydrogen) atoms. The summed E-state index contributed by atoms with van der Waals surface area (Å²) in [4.78, 5) is 2.44. The second-order valence-electron chi connectivity index (χ2n) is 8.44. The first-order chi connectivity index (χ1) is 14.9.